The van der Waals surface area contributed by atoms with E-state index in [-0.39, 0.29) is 11.9 Å². The maximum Gasteiger partial charge on any atom is 0.221 e. The van der Waals surface area contributed by atoms with Gasteiger partial charge in [0, 0.05) is 25.6 Å². The molecule has 0 radical (unpaired) electrons. The van der Waals surface area contributed by atoms with Gasteiger partial charge in [0.05, 0.1) is 13.2 Å². The Morgan fingerprint density at radius 3 is 3.05 bits per heavy atom. The van der Waals surface area contributed by atoms with Crippen LogP contribution in [-0.4, -0.2) is 38.3 Å². The lowest BCUT2D eigenvalue weighted by atomic mass is 9.81. The van der Waals surface area contributed by atoms with Crippen molar-refractivity contribution in [3.05, 3.63) is 0 Å². The summed E-state index contributed by atoms with van der Waals surface area (Å²) in [7, 11) is 0. The van der Waals surface area contributed by atoms with E-state index in [9.17, 15) is 4.79 Å². The van der Waals surface area contributed by atoms with Gasteiger partial charge in [-0.15, -0.1) is 0 Å². The molecule has 1 heterocycles. The second-order valence-corrected chi connectivity index (χ2v) is 6.21. The summed E-state index contributed by atoms with van der Waals surface area (Å²) < 4.78 is 5.35. The number of carbonyl (C=O) groups excluding carboxylic acids is 1. The Morgan fingerprint density at radius 1 is 1.42 bits per heavy atom. The first-order valence-corrected chi connectivity index (χ1v) is 7.82. The average molecular weight is 268 g/mol. The zero-order valence-corrected chi connectivity index (χ0v) is 12.1. The lowest BCUT2D eigenvalue weighted by Gasteiger charge is -2.27. The largest absolute Gasteiger partial charge is 0.378 e. The van der Waals surface area contributed by atoms with Crippen LogP contribution in [0.1, 0.15) is 45.4 Å². The summed E-state index contributed by atoms with van der Waals surface area (Å²) in [4.78, 5) is 11.8. The fourth-order valence-electron chi connectivity index (χ4n) is 3.28. The van der Waals surface area contributed by atoms with Crippen LogP contribution in [0, 0.1) is 11.8 Å². The Balaban J connectivity index is 1.55. The summed E-state index contributed by atoms with van der Waals surface area (Å²) in [6.07, 6.45) is 7.12. The predicted octanol–water partition coefficient (Wildman–Crippen LogP) is 1.70. The second-order valence-electron chi connectivity index (χ2n) is 6.21. The topological polar surface area (TPSA) is 50.4 Å². The molecule has 1 saturated heterocycles. The molecule has 2 N–H and O–H groups in total. The van der Waals surface area contributed by atoms with Crippen LogP contribution in [0.2, 0.25) is 0 Å². The molecule has 4 heteroatoms. The van der Waals surface area contributed by atoms with E-state index in [1.807, 2.05) is 0 Å². The van der Waals surface area contributed by atoms with Gasteiger partial charge in [-0.1, -0.05) is 26.2 Å². The highest BCUT2D eigenvalue weighted by molar-refractivity contribution is 5.76. The highest BCUT2D eigenvalue weighted by Gasteiger charge is 2.19. The van der Waals surface area contributed by atoms with E-state index in [2.05, 4.69) is 17.6 Å². The molecule has 2 aliphatic rings. The van der Waals surface area contributed by atoms with E-state index < -0.39 is 0 Å². The number of nitrogens with one attached hydrogen (secondary N) is 2. The third-order valence-corrected chi connectivity index (χ3v) is 4.35. The molecule has 2 rings (SSSR count). The SMILES string of the molecule is CC1CCCC(CCNC(=O)CC2COCCN2)C1. The molecule has 2 fully saturated rings. The third kappa shape index (κ3) is 5.49. The molecule has 0 aromatic rings. The van der Waals surface area contributed by atoms with Crippen LogP contribution in [0.4, 0.5) is 0 Å². The lowest BCUT2D eigenvalue weighted by molar-refractivity contribution is -0.122. The van der Waals surface area contributed by atoms with E-state index in [0.29, 0.717) is 13.0 Å². The fraction of sp³-hybridized carbons (Fsp3) is 0.933. The molecular weight excluding hydrogens is 240 g/mol. The highest BCUT2D eigenvalue weighted by atomic mass is 16.5. The van der Waals surface area contributed by atoms with Gasteiger partial charge in [0.1, 0.15) is 0 Å². The van der Waals surface area contributed by atoms with Crippen molar-refractivity contribution < 1.29 is 9.53 Å². The van der Waals surface area contributed by atoms with Crippen molar-refractivity contribution in [1.82, 2.24) is 10.6 Å². The van der Waals surface area contributed by atoms with Gasteiger partial charge in [-0.2, -0.15) is 0 Å². The average Bonchev–Trinajstić information content (AvgIpc) is 2.40. The monoisotopic (exact) mass is 268 g/mol. The van der Waals surface area contributed by atoms with Crippen molar-refractivity contribution >= 4 is 5.91 Å². The van der Waals surface area contributed by atoms with Crippen molar-refractivity contribution in [1.29, 1.82) is 0 Å². The predicted molar refractivity (Wildman–Crippen MR) is 76.0 cm³/mol. The van der Waals surface area contributed by atoms with Crippen molar-refractivity contribution in [3.63, 3.8) is 0 Å². The third-order valence-electron chi connectivity index (χ3n) is 4.35. The molecule has 3 unspecified atom stereocenters. The Hall–Kier alpha value is -0.610. The minimum Gasteiger partial charge on any atom is -0.378 e. The fourth-order valence-corrected chi connectivity index (χ4v) is 3.28. The van der Waals surface area contributed by atoms with E-state index >= 15 is 0 Å². The smallest absolute Gasteiger partial charge is 0.221 e. The molecule has 4 nitrogen and oxygen atoms in total. The molecule has 1 aliphatic heterocycles. The van der Waals surface area contributed by atoms with Gasteiger partial charge in [0.15, 0.2) is 0 Å². The number of amides is 1. The van der Waals surface area contributed by atoms with E-state index in [1.54, 1.807) is 0 Å². The van der Waals surface area contributed by atoms with Gasteiger partial charge >= 0.3 is 0 Å². The lowest BCUT2D eigenvalue weighted by Crippen LogP contribution is -2.44. The first-order valence-electron chi connectivity index (χ1n) is 7.82. The molecule has 110 valence electrons. The van der Waals surface area contributed by atoms with Crippen molar-refractivity contribution in [2.75, 3.05) is 26.3 Å². The molecule has 3 atom stereocenters. The molecule has 0 aromatic carbocycles. The number of carbonyl (C=O) groups is 1. The summed E-state index contributed by atoms with van der Waals surface area (Å²) in [6, 6.07) is 0.198. The minimum absolute atomic E-state index is 0.159. The van der Waals surface area contributed by atoms with E-state index in [4.69, 9.17) is 4.74 Å². The number of hydrogen-bond donors (Lipinski definition) is 2. The Labute approximate surface area is 116 Å². The van der Waals surface area contributed by atoms with Gasteiger partial charge in [0.25, 0.3) is 0 Å². The molecule has 19 heavy (non-hydrogen) atoms. The molecule has 0 aromatic heterocycles. The van der Waals surface area contributed by atoms with Gasteiger partial charge in [-0.3, -0.25) is 4.79 Å². The van der Waals surface area contributed by atoms with Crippen molar-refractivity contribution in [2.45, 2.75) is 51.5 Å². The van der Waals surface area contributed by atoms with Crippen LogP contribution in [0.15, 0.2) is 0 Å². The van der Waals surface area contributed by atoms with Crippen molar-refractivity contribution in [2.24, 2.45) is 11.8 Å². The van der Waals surface area contributed by atoms with E-state index in [0.717, 1.165) is 38.0 Å². The molecule has 0 spiro atoms. The van der Waals surface area contributed by atoms with Gasteiger partial charge in [-0.25, -0.2) is 0 Å². The Kier molecular flexibility index (Phi) is 6.11. The first kappa shape index (κ1) is 14.8. The summed E-state index contributed by atoms with van der Waals surface area (Å²) in [5.74, 6) is 1.85. The second kappa shape index (κ2) is 7.85. The van der Waals surface area contributed by atoms with Gasteiger partial charge < -0.3 is 15.4 Å². The maximum atomic E-state index is 11.8. The van der Waals surface area contributed by atoms with Crippen LogP contribution < -0.4 is 10.6 Å². The molecular formula is C15H28N2O2. The molecule has 1 aliphatic carbocycles. The van der Waals surface area contributed by atoms with Crippen LogP contribution in [0.25, 0.3) is 0 Å². The van der Waals surface area contributed by atoms with Crippen LogP contribution in [0.3, 0.4) is 0 Å². The number of ether oxygens (including phenoxy) is 1. The van der Waals surface area contributed by atoms with Gasteiger partial charge in [-0.05, 0) is 24.7 Å². The number of morpholine rings is 1. The zero-order valence-electron chi connectivity index (χ0n) is 12.1. The normalized spacial score (nSPS) is 31.9. The quantitative estimate of drug-likeness (QED) is 0.798. The first-order chi connectivity index (χ1) is 9.24. The number of rotatable bonds is 5. The summed E-state index contributed by atoms with van der Waals surface area (Å²) in [5, 5.41) is 6.37. The summed E-state index contributed by atoms with van der Waals surface area (Å²) >= 11 is 0. The van der Waals surface area contributed by atoms with Crippen LogP contribution in [-0.2, 0) is 9.53 Å². The van der Waals surface area contributed by atoms with E-state index in [1.165, 1.54) is 25.7 Å². The van der Waals surface area contributed by atoms with Crippen LogP contribution in [0.5, 0.6) is 0 Å². The van der Waals surface area contributed by atoms with Crippen LogP contribution >= 0.6 is 0 Å². The summed E-state index contributed by atoms with van der Waals surface area (Å²) in [6.45, 7) is 5.47. The zero-order chi connectivity index (χ0) is 13.5. The summed E-state index contributed by atoms with van der Waals surface area (Å²) in [5.41, 5.74) is 0. The van der Waals surface area contributed by atoms with Crippen molar-refractivity contribution in [3.8, 4) is 0 Å². The standard InChI is InChI=1S/C15H28N2O2/c1-12-3-2-4-13(9-12)5-6-17-15(18)10-14-11-19-8-7-16-14/h12-14,16H,2-11H2,1H3,(H,17,18). The van der Waals surface area contributed by atoms with Gasteiger partial charge in [0.2, 0.25) is 5.91 Å². The molecule has 1 saturated carbocycles. The molecule has 1 amide bonds. The number of hydrogen-bond acceptors (Lipinski definition) is 3. The molecule has 0 bridgehead atoms. The minimum atomic E-state index is 0.159. The Bertz CT molecular complexity index is 277. The highest BCUT2D eigenvalue weighted by Crippen LogP contribution is 2.30. The maximum absolute atomic E-state index is 11.8. The Morgan fingerprint density at radius 2 is 2.32 bits per heavy atom.